The molecule has 0 spiro atoms. The van der Waals surface area contributed by atoms with E-state index in [0.29, 0.717) is 0 Å². The summed E-state index contributed by atoms with van der Waals surface area (Å²) in [5, 5.41) is 4.00. The number of hydrogen-bond acceptors (Lipinski definition) is 1. The topological polar surface area (TPSA) is 12.0 Å². The minimum Gasteiger partial charge on any atom is -0.382 e. The summed E-state index contributed by atoms with van der Waals surface area (Å²) in [5.41, 5.74) is 1.09. The van der Waals surface area contributed by atoms with E-state index in [-0.39, 0.29) is 0 Å². The normalized spacial score (nSPS) is 10.5. The highest BCUT2D eigenvalue weighted by Crippen LogP contribution is 2.12. The van der Waals surface area contributed by atoms with Crippen molar-refractivity contribution in [2.45, 2.75) is 6.92 Å². The van der Waals surface area contributed by atoms with Gasteiger partial charge in [-0.1, -0.05) is 23.8 Å². The van der Waals surface area contributed by atoms with Crippen LogP contribution in [0.2, 0.25) is 5.02 Å². The van der Waals surface area contributed by atoms with Gasteiger partial charge in [0.15, 0.2) is 0 Å². The molecule has 0 amide bonds. The van der Waals surface area contributed by atoms with Crippen molar-refractivity contribution in [3.63, 3.8) is 0 Å². The molecule has 0 fully saturated rings. The second kappa shape index (κ2) is 4.83. The monoisotopic (exact) mass is 181 g/mol. The molecule has 1 aromatic rings. The molecule has 0 radical (unpaired) electrons. The Bertz CT molecular complexity index is 251. The molecule has 64 valence electrons. The molecule has 0 atom stereocenters. The maximum Gasteiger partial charge on any atom is 0.0407 e. The fourth-order valence-electron chi connectivity index (χ4n) is 0.862. The zero-order chi connectivity index (χ0) is 8.81. The van der Waals surface area contributed by atoms with E-state index in [1.54, 1.807) is 0 Å². The summed E-state index contributed by atoms with van der Waals surface area (Å²) in [6.07, 6.45) is 4.08. The predicted octanol–water partition coefficient (Wildman–Crippen LogP) is 3.33. The number of nitrogens with one attached hydrogen (secondary N) is 1. The quantitative estimate of drug-likeness (QED) is 0.706. The van der Waals surface area contributed by atoms with E-state index in [1.807, 2.05) is 37.3 Å². The first kappa shape index (κ1) is 9.14. The summed E-state index contributed by atoms with van der Waals surface area (Å²) in [6.45, 7) is 2.86. The first-order chi connectivity index (χ1) is 5.83. The molecule has 1 rings (SSSR count). The van der Waals surface area contributed by atoms with Crippen molar-refractivity contribution in [1.82, 2.24) is 0 Å². The van der Waals surface area contributed by atoms with Gasteiger partial charge >= 0.3 is 0 Å². The molecular formula is C10H12ClN. The van der Waals surface area contributed by atoms with E-state index in [9.17, 15) is 0 Å². The molecule has 0 aliphatic heterocycles. The third-order valence-corrected chi connectivity index (χ3v) is 1.76. The van der Waals surface area contributed by atoms with Gasteiger partial charge < -0.3 is 5.32 Å². The second-order valence-electron chi connectivity index (χ2n) is 2.46. The van der Waals surface area contributed by atoms with Crippen LogP contribution in [-0.2, 0) is 0 Å². The summed E-state index contributed by atoms with van der Waals surface area (Å²) < 4.78 is 0. The van der Waals surface area contributed by atoms with E-state index in [1.165, 1.54) is 0 Å². The van der Waals surface area contributed by atoms with Crippen molar-refractivity contribution in [1.29, 1.82) is 0 Å². The summed E-state index contributed by atoms with van der Waals surface area (Å²) in [5.74, 6) is 0. The van der Waals surface area contributed by atoms with Crippen molar-refractivity contribution < 1.29 is 0 Å². The lowest BCUT2D eigenvalue weighted by molar-refractivity contribution is 1.33. The Morgan fingerprint density at radius 2 is 2.00 bits per heavy atom. The van der Waals surface area contributed by atoms with Gasteiger partial charge in [0.05, 0.1) is 0 Å². The minimum atomic E-state index is 0.770. The van der Waals surface area contributed by atoms with Crippen LogP contribution in [0.4, 0.5) is 5.69 Å². The van der Waals surface area contributed by atoms with Gasteiger partial charge in [-0.2, -0.15) is 0 Å². The van der Waals surface area contributed by atoms with E-state index in [0.717, 1.165) is 17.3 Å². The average Bonchev–Trinajstić information content (AvgIpc) is 2.09. The van der Waals surface area contributed by atoms with Crippen LogP contribution in [0.1, 0.15) is 6.92 Å². The largest absolute Gasteiger partial charge is 0.382 e. The second-order valence-corrected chi connectivity index (χ2v) is 2.89. The molecule has 0 heterocycles. The van der Waals surface area contributed by atoms with E-state index in [2.05, 4.69) is 11.4 Å². The van der Waals surface area contributed by atoms with Gasteiger partial charge in [-0.15, -0.1) is 0 Å². The zero-order valence-corrected chi connectivity index (χ0v) is 7.81. The van der Waals surface area contributed by atoms with Gasteiger partial charge in [-0.25, -0.2) is 0 Å². The highest BCUT2D eigenvalue weighted by molar-refractivity contribution is 6.30. The summed E-state index contributed by atoms with van der Waals surface area (Å²) in [4.78, 5) is 0. The lowest BCUT2D eigenvalue weighted by Gasteiger charge is -2.01. The highest BCUT2D eigenvalue weighted by atomic mass is 35.5. The molecule has 0 bridgehead atoms. The summed E-state index contributed by atoms with van der Waals surface area (Å²) in [6, 6.07) is 7.68. The molecule has 0 saturated carbocycles. The lowest BCUT2D eigenvalue weighted by Crippen LogP contribution is -1.96. The van der Waals surface area contributed by atoms with E-state index >= 15 is 0 Å². The number of allylic oxidation sites excluding steroid dienone is 1. The molecule has 0 saturated heterocycles. The van der Waals surface area contributed by atoms with Crippen LogP contribution in [0.15, 0.2) is 36.4 Å². The van der Waals surface area contributed by atoms with Crippen LogP contribution in [-0.4, -0.2) is 6.54 Å². The maximum absolute atomic E-state index is 5.73. The van der Waals surface area contributed by atoms with Gasteiger partial charge in [0.1, 0.15) is 0 Å². The Labute approximate surface area is 78.1 Å². The zero-order valence-electron chi connectivity index (χ0n) is 7.05. The number of rotatable bonds is 3. The van der Waals surface area contributed by atoms with Crippen LogP contribution < -0.4 is 5.32 Å². The number of benzene rings is 1. The molecule has 12 heavy (non-hydrogen) atoms. The molecule has 0 aliphatic rings. The fraction of sp³-hybridized carbons (Fsp3) is 0.200. The molecular weight excluding hydrogens is 170 g/mol. The molecule has 1 aromatic carbocycles. The van der Waals surface area contributed by atoms with E-state index < -0.39 is 0 Å². The fourth-order valence-corrected chi connectivity index (χ4v) is 0.988. The van der Waals surface area contributed by atoms with E-state index in [4.69, 9.17) is 11.6 Å². The maximum atomic E-state index is 5.73. The average molecular weight is 182 g/mol. The summed E-state index contributed by atoms with van der Waals surface area (Å²) >= 11 is 5.73. The van der Waals surface area contributed by atoms with Crippen LogP contribution in [0.25, 0.3) is 0 Å². The standard InChI is InChI=1S/C10H12ClN/c1-2-3-8-12-10-6-4-9(11)5-7-10/h2-7,12H,8H2,1H3/b3-2+. The molecule has 1 nitrogen and oxygen atoms in total. The third-order valence-electron chi connectivity index (χ3n) is 1.50. The highest BCUT2D eigenvalue weighted by Gasteiger charge is 1.88. The predicted molar refractivity (Wildman–Crippen MR) is 54.8 cm³/mol. The first-order valence-electron chi connectivity index (χ1n) is 3.93. The SMILES string of the molecule is C/C=C/CNc1ccc(Cl)cc1. The Morgan fingerprint density at radius 1 is 1.33 bits per heavy atom. The molecule has 0 aromatic heterocycles. The van der Waals surface area contributed by atoms with Crippen LogP contribution in [0.3, 0.4) is 0 Å². The minimum absolute atomic E-state index is 0.770. The Kier molecular flexibility index (Phi) is 3.68. The number of anilines is 1. The van der Waals surface area contributed by atoms with Crippen molar-refractivity contribution in [3.8, 4) is 0 Å². The Morgan fingerprint density at radius 3 is 2.58 bits per heavy atom. The summed E-state index contributed by atoms with van der Waals surface area (Å²) in [7, 11) is 0. The van der Waals surface area contributed by atoms with Gasteiger partial charge in [-0.3, -0.25) is 0 Å². The first-order valence-corrected chi connectivity index (χ1v) is 4.31. The third kappa shape index (κ3) is 2.97. The van der Waals surface area contributed by atoms with Crippen LogP contribution in [0, 0.1) is 0 Å². The van der Waals surface area contributed by atoms with Gasteiger partial charge in [0, 0.05) is 17.3 Å². The number of hydrogen-bond donors (Lipinski definition) is 1. The van der Waals surface area contributed by atoms with Crippen molar-refractivity contribution >= 4 is 17.3 Å². The Hall–Kier alpha value is -0.950. The van der Waals surface area contributed by atoms with Gasteiger partial charge in [-0.05, 0) is 31.2 Å². The van der Waals surface area contributed by atoms with Gasteiger partial charge in [0.2, 0.25) is 0 Å². The Balaban J connectivity index is 2.47. The molecule has 1 N–H and O–H groups in total. The lowest BCUT2D eigenvalue weighted by atomic mass is 10.3. The van der Waals surface area contributed by atoms with Crippen molar-refractivity contribution in [2.75, 3.05) is 11.9 Å². The van der Waals surface area contributed by atoms with Crippen molar-refractivity contribution in [3.05, 3.63) is 41.4 Å². The van der Waals surface area contributed by atoms with Crippen LogP contribution in [0.5, 0.6) is 0 Å². The molecule has 0 unspecified atom stereocenters. The van der Waals surface area contributed by atoms with Crippen molar-refractivity contribution in [2.24, 2.45) is 0 Å². The van der Waals surface area contributed by atoms with Gasteiger partial charge in [0.25, 0.3) is 0 Å². The smallest absolute Gasteiger partial charge is 0.0407 e. The molecule has 0 aliphatic carbocycles. The molecule has 2 heteroatoms. The number of halogens is 1. The van der Waals surface area contributed by atoms with Crippen LogP contribution >= 0.6 is 11.6 Å².